The molecule has 2 N–H and O–H groups in total. The van der Waals surface area contributed by atoms with Gasteiger partial charge in [-0.25, -0.2) is 4.98 Å². The normalized spacial score (nSPS) is 18.6. The van der Waals surface area contributed by atoms with Gasteiger partial charge >= 0.3 is 0 Å². The second-order valence-corrected chi connectivity index (χ2v) is 7.08. The molecular formula is C21H21N3O. The van der Waals surface area contributed by atoms with Gasteiger partial charge in [0.25, 0.3) is 0 Å². The molecule has 0 saturated carbocycles. The second-order valence-electron chi connectivity index (χ2n) is 7.08. The van der Waals surface area contributed by atoms with Crippen LogP contribution in [0.5, 0.6) is 0 Å². The van der Waals surface area contributed by atoms with Gasteiger partial charge in [0, 0.05) is 28.1 Å². The summed E-state index contributed by atoms with van der Waals surface area (Å²) in [7, 11) is 0. The molecule has 5 rings (SSSR count). The molecule has 0 fully saturated rings. The molecule has 1 aliphatic heterocycles. The lowest BCUT2D eigenvalue weighted by atomic mass is 9.86. The van der Waals surface area contributed by atoms with Crippen molar-refractivity contribution in [3.63, 3.8) is 0 Å². The van der Waals surface area contributed by atoms with Crippen molar-refractivity contribution in [1.82, 2.24) is 15.3 Å². The summed E-state index contributed by atoms with van der Waals surface area (Å²) in [5.41, 5.74) is 8.34. The number of hydrogen-bond acceptors (Lipinski definition) is 3. The van der Waals surface area contributed by atoms with E-state index in [0.717, 1.165) is 24.1 Å². The average molecular weight is 331 g/mol. The molecule has 2 atom stereocenters. The highest BCUT2D eigenvalue weighted by Gasteiger charge is 2.30. The molecule has 0 aliphatic carbocycles. The van der Waals surface area contributed by atoms with Crippen LogP contribution in [0, 0.1) is 6.92 Å². The van der Waals surface area contributed by atoms with E-state index >= 15 is 0 Å². The molecule has 0 amide bonds. The Balaban J connectivity index is 1.64. The fourth-order valence-corrected chi connectivity index (χ4v) is 4.24. The smallest absolute Gasteiger partial charge is 0.181 e. The van der Waals surface area contributed by atoms with Crippen molar-refractivity contribution in [2.24, 2.45) is 0 Å². The topological polar surface area (TPSA) is 53.9 Å². The maximum Gasteiger partial charge on any atom is 0.181 e. The third kappa shape index (κ3) is 2.21. The number of rotatable bonds is 2. The molecule has 0 saturated heterocycles. The second kappa shape index (κ2) is 5.46. The van der Waals surface area contributed by atoms with Crippen LogP contribution in [0.2, 0.25) is 0 Å². The minimum Gasteiger partial charge on any atom is -0.443 e. The first-order chi connectivity index (χ1) is 12.2. The van der Waals surface area contributed by atoms with Crippen LogP contribution >= 0.6 is 0 Å². The average Bonchev–Trinajstić information content (AvgIpc) is 3.24. The van der Waals surface area contributed by atoms with Crippen LogP contribution in [0.25, 0.3) is 22.0 Å². The van der Waals surface area contributed by atoms with Crippen LogP contribution < -0.4 is 5.32 Å². The number of benzene rings is 2. The number of oxazole rings is 1. The number of fused-ring (bicyclic) bond motifs is 4. The summed E-state index contributed by atoms with van der Waals surface area (Å²) in [6.07, 6.45) is 2.60. The van der Waals surface area contributed by atoms with E-state index < -0.39 is 0 Å². The number of H-pyrrole nitrogens is 1. The number of para-hydroxylation sites is 1. The number of aromatic amines is 1. The van der Waals surface area contributed by atoms with Crippen molar-refractivity contribution >= 4 is 22.0 Å². The van der Waals surface area contributed by atoms with Crippen molar-refractivity contribution in [3.8, 4) is 0 Å². The van der Waals surface area contributed by atoms with Gasteiger partial charge in [-0.1, -0.05) is 30.7 Å². The Morgan fingerprint density at radius 1 is 1.24 bits per heavy atom. The molecule has 25 heavy (non-hydrogen) atoms. The van der Waals surface area contributed by atoms with Gasteiger partial charge in [0.2, 0.25) is 0 Å². The van der Waals surface area contributed by atoms with Gasteiger partial charge < -0.3 is 14.7 Å². The number of aromatic nitrogens is 2. The van der Waals surface area contributed by atoms with E-state index in [1.807, 2.05) is 6.07 Å². The SMILES string of the molecule is Cc1ccc2[nH]c3c(c2c1)CCNC3C(C)c1cccc2ncoc12. The van der Waals surface area contributed by atoms with Gasteiger partial charge in [-0.15, -0.1) is 0 Å². The zero-order chi connectivity index (χ0) is 17.0. The first kappa shape index (κ1) is 14.7. The summed E-state index contributed by atoms with van der Waals surface area (Å²) < 4.78 is 5.67. The number of hydrogen-bond donors (Lipinski definition) is 2. The quantitative estimate of drug-likeness (QED) is 0.564. The van der Waals surface area contributed by atoms with Crippen molar-refractivity contribution < 1.29 is 4.42 Å². The summed E-state index contributed by atoms with van der Waals surface area (Å²) in [5, 5.41) is 5.08. The van der Waals surface area contributed by atoms with Crippen LogP contribution in [0.3, 0.4) is 0 Å². The minimum atomic E-state index is 0.243. The molecule has 126 valence electrons. The van der Waals surface area contributed by atoms with E-state index in [2.05, 4.69) is 59.5 Å². The van der Waals surface area contributed by atoms with Crippen LogP contribution in [0.1, 0.15) is 41.3 Å². The van der Waals surface area contributed by atoms with E-state index in [0.29, 0.717) is 0 Å². The lowest BCUT2D eigenvalue weighted by Crippen LogP contribution is -2.33. The summed E-state index contributed by atoms with van der Waals surface area (Å²) in [5.74, 6) is 0.282. The van der Waals surface area contributed by atoms with Crippen LogP contribution in [-0.4, -0.2) is 16.5 Å². The first-order valence-corrected chi connectivity index (χ1v) is 8.89. The molecule has 2 unspecified atom stereocenters. The van der Waals surface area contributed by atoms with E-state index in [1.54, 1.807) is 0 Å². The predicted octanol–water partition coefficient (Wildman–Crippen LogP) is 4.61. The van der Waals surface area contributed by atoms with Gasteiger partial charge in [0.05, 0.1) is 6.04 Å². The molecule has 3 heterocycles. The standard InChI is InChI=1S/C21H21N3O/c1-12-6-7-17-16(10-12)15-8-9-22-19(20(15)24-17)13(2)14-4-3-5-18-21(14)25-11-23-18/h3-7,10-11,13,19,22,24H,8-9H2,1-2H3. The van der Waals surface area contributed by atoms with Crippen molar-refractivity contribution in [3.05, 3.63) is 65.2 Å². The maximum absolute atomic E-state index is 5.67. The number of nitrogens with zero attached hydrogens (tertiary/aromatic N) is 1. The Morgan fingerprint density at radius 2 is 2.16 bits per heavy atom. The summed E-state index contributed by atoms with van der Waals surface area (Å²) >= 11 is 0. The molecule has 0 radical (unpaired) electrons. The molecule has 4 heteroatoms. The van der Waals surface area contributed by atoms with Crippen LogP contribution in [-0.2, 0) is 6.42 Å². The lowest BCUT2D eigenvalue weighted by Gasteiger charge is -2.29. The van der Waals surface area contributed by atoms with Gasteiger partial charge in [0.15, 0.2) is 12.0 Å². The third-order valence-electron chi connectivity index (χ3n) is 5.52. The van der Waals surface area contributed by atoms with Crippen LogP contribution in [0.4, 0.5) is 0 Å². The molecule has 0 spiro atoms. The van der Waals surface area contributed by atoms with E-state index in [1.165, 1.54) is 39.7 Å². The van der Waals surface area contributed by atoms with E-state index in [-0.39, 0.29) is 12.0 Å². The van der Waals surface area contributed by atoms with Crippen molar-refractivity contribution in [1.29, 1.82) is 0 Å². The van der Waals surface area contributed by atoms with E-state index in [4.69, 9.17) is 4.42 Å². The summed E-state index contributed by atoms with van der Waals surface area (Å²) in [6.45, 7) is 5.42. The largest absolute Gasteiger partial charge is 0.443 e. The maximum atomic E-state index is 5.67. The zero-order valence-corrected chi connectivity index (χ0v) is 14.5. The van der Waals surface area contributed by atoms with Crippen LogP contribution in [0.15, 0.2) is 47.2 Å². The fourth-order valence-electron chi connectivity index (χ4n) is 4.24. The Hall–Kier alpha value is -2.59. The van der Waals surface area contributed by atoms with Gasteiger partial charge in [0.1, 0.15) is 5.52 Å². The molecule has 0 bridgehead atoms. The Bertz CT molecular complexity index is 1080. The molecule has 2 aromatic carbocycles. The first-order valence-electron chi connectivity index (χ1n) is 8.89. The highest BCUT2D eigenvalue weighted by atomic mass is 16.3. The lowest BCUT2D eigenvalue weighted by molar-refractivity contribution is 0.436. The highest BCUT2D eigenvalue weighted by molar-refractivity contribution is 5.86. The monoisotopic (exact) mass is 331 g/mol. The Morgan fingerprint density at radius 3 is 3.08 bits per heavy atom. The molecule has 4 aromatic rings. The summed E-state index contributed by atoms with van der Waals surface area (Å²) in [4.78, 5) is 7.98. The Kier molecular flexibility index (Phi) is 3.22. The molecule has 2 aromatic heterocycles. The molecular weight excluding hydrogens is 310 g/mol. The molecule has 4 nitrogen and oxygen atoms in total. The number of nitrogens with one attached hydrogen (secondary N) is 2. The minimum absolute atomic E-state index is 0.243. The Labute approximate surface area is 146 Å². The fraction of sp³-hybridized carbons (Fsp3) is 0.286. The van der Waals surface area contributed by atoms with Gasteiger partial charge in [-0.2, -0.15) is 0 Å². The number of aryl methyl sites for hydroxylation is 1. The predicted molar refractivity (Wildman–Crippen MR) is 99.9 cm³/mol. The third-order valence-corrected chi connectivity index (χ3v) is 5.52. The molecule has 1 aliphatic rings. The highest BCUT2D eigenvalue weighted by Crippen LogP contribution is 2.39. The van der Waals surface area contributed by atoms with Crippen molar-refractivity contribution in [2.45, 2.75) is 32.2 Å². The van der Waals surface area contributed by atoms with Crippen molar-refractivity contribution in [2.75, 3.05) is 6.54 Å². The van der Waals surface area contributed by atoms with Gasteiger partial charge in [-0.05, 0) is 43.7 Å². The van der Waals surface area contributed by atoms with E-state index in [9.17, 15) is 0 Å². The summed E-state index contributed by atoms with van der Waals surface area (Å²) in [6, 6.07) is 13.1. The zero-order valence-electron chi connectivity index (χ0n) is 14.5. The van der Waals surface area contributed by atoms with Gasteiger partial charge in [-0.3, -0.25) is 0 Å².